The third kappa shape index (κ3) is 2.97. The predicted molar refractivity (Wildman–Crippen MR) is 84.2 cm³/mol. The number of benzene rings is 2. The number of carbonyl (C=O) groups excluding carboxylic acids is 2. The van der Waals surface area contributed by atoms with Gasteiger partial charge in [0.2, 0.25) is 5.91 Å². The molecule has 2 aromatic rings. The predicted octanol–water partition coefficient (Wildman–Crippen LogP) is 2.74. The fourth-order valence-corrected chi connectivity index (χ4v) is 2.78. The first-order valence-electron chi connectivity index (χ1n) is 6.59. The molecule has 5 heteroatoms. The van der Waals surface area contributed by atoms with E-state index < -0.39 is 6.04 Å². The molecule has 1 aliphatic heterocycles. The molecule has 1 unspecified atom stereocenters. The van der Waals surface area contributed by atoms with E-state index in [1.807, 2.05) is 36.4 Å². The topological polar surface area (TPSA) is 58.2 Å². The van der Waals surface area contributed by atoms with Crippen LogP contribution in [0.25, 0.3) is 0 Å². The van der Waals surface area contributed by atoms with Crippen LogP contribution in [-0.4, -0.2) is 17.9 Å². The molecule has 0 aliphatic carbocycles. The zero-order valence-electron chi connectivity index (χ0n) is 11.1. The molecule has 0 fully saturated rings. The van der Waals surface area contributed by atoms with Crippen molar-refractivity contribution >= 4 is 33.4 Å². The van der Waals surface area contributed by atoms with Gasteiger partial charge < -0.3 is 10.6 Å². The van der Waals surface area contributed by atoms with Crippen LogP contribution < -0.4 is 10.6 Å². The third-order valence-electron chi connectivity index (χ3n) is 3.40. The zero-order chi connectivity index (χ0) is 14.8. The standard InChI is InChI=1S/C16H13BrN2O2/c17-11-5-3-6-12(9-11)18-16(21)14-8-10-4-1-2-7-13(10)15(20)19-14/h1-7,9,14H,8H2,(H,18,21)(H,19,20). The van der Waals surface area contributed by atoms with E-state index in [9.17, 15) is 9.59 Å². The SMILES string of the molecule is O=C1NC(C(=O)Nc2cccc(Br)c2)Cc2ccccc21. The third-order valence-corrected chi connectivity index (χ3v) is 3.89. The normalized spacial score (nSPS) is 16.8. The molecule has 0 saturated heterocycles. The Morgan fingerprint density at radius 2 is 2.00 bits per heavy atom. The quantitative estimate of drug-likeness (QED) is 0.879. The summed E-state index contributed by atoms with van der Waals surface area (Å²) >= 11 is 3.36. The van der Waals surface area contributed by atoms with E-state index in [-0.39, 0.29) is 11.8 Å². The van der Waals surface area contributed by atoms with E-state index in [1.54, 1.807) is 12.1 Å². The van der Waals surface area contributed by atoms with E-state index >= 15 is 0 Å². The molecule has 0 saturated carbocycles. The van der Waals surface area contributed by atoms with Gasteiger partial charge in [0.25, 0.3) is 5.91 Å². The molecular formula is C16H13BrN2O2. The number of hydrogen-bond donors (Lipinski definition) is 2. The van der Waals surface area contributed by atoms with E-state index in [4.69, 9.17) is 0 Å². The van der Waals surface area contributed by atoms with Crippen molar-refractivity contribution in [2.24, 2.45) is 0 Å². The largest absolute Gasteiger partial charge is 0.340 e. The summed E-state index contributed by atoms with van der Waals surface area (Å²) in [6.45, 7) is 0. The first-order valence-corrected chi connectivity index (χ1v) is 7.38. The molecule has 21 heavy (non-hydrogen) atoms. The molecule has 1 aliphatic rings. The number of anilines is 1. The Bertz CT molecular complexity index is 715. The van der Waals surface area contributed by atoms with Crippen LogP contribution in [0.5, 0.6) is 0 Å². The van der Waals surface area contributed by atoms with Gasteiger partial charge in [-0.25, -0.2) is 0 Å². The van der Waals surface area contributed by atoms with Gasteiger partial charge in [-0.05, 0) is 29.8 Å². The van der Waals surface area contributed by atoms with Crippen LogP contribution in [0.2, 0.25) is 0 Å². The van der Waals surface area contributed by atoms with Crippen molar-refractivity contribution in [3.63, 3.8) is 0 Å². The number of amides is 2. The van der Waals surface area contributed by atoms with Gasteiger partial charge in [-0.1, -0.05) is 40.2 Å². The minimum Gasteiger partial charge on any atom is -0.340 e. The first-order chi connectivity index (χ1) is 10.1. The fourth-order valence-electron chi connectivity index (χ4n) is 2.38. The smallest absolute Gasteiger partial charge is 0.252 e. The Hall–Kier alpha value is -2.14. The number of carbonyl (C=O) groups is 2. The lowest BCUT2D eigenvalue weighted by atomic mass is 9.95. The van der Waals surface area contributed by atoms with Crippen LogP contribution in [0.15, 0.2) is 53.0 Å². The van der Waals surface area contributed by atoms with Gasteiger partial charge >= 0.3 is 0 Å². The Balaban J connectivity index is 1.76. The summed E-state index contributed by atoms with van der Waals surface area (Å²) in [5.41, 5.74) is 2.24. The maximum absolute atomic E-state index is 12.3. The summed E-state index contributed by atoms with van der Waals surface area (Å²) < 4.78 is 0.887. The molecule has 0 bridgehead atoms. The van der Waals surface area contributed by atoms with Gasteiger partial charge in [0.05, 0.1) is 0 Å². The van der Waals surface area contributed by atoms with Gasteiger partial charge in [-0.2, -0.15) is 0 Å². The van der Waals surface area contributed by atoms with E-state index in [0.717, 1.165) is 10.0 Å². The summed E-state index contributed by atoms with van der Waals surface area (Å²) in [6, 6.07) is 14.1. The summed E-state index contributed by atoms with van der Waals surface area (Å²) in [7, 11) is 0. The summed E-state index contributed by atoms with van der Waals surface area (Å²) in [6.07, 6.45) is 0.502. The van der Waals surface area contributed by atoms with Gasteiger partial charge in [-0.15, -0.1) is 0 Å². The molecule has 1 heterocycles. The number of nitrogens with one attached hydrogen (secondary N) is 2. The zero-order valence-corrected chi connectivity index (χ0v) is 12.7. The molecule has 4 nitrogen and oxygen atoms in total. The van der Waals surface area contributed by atoms with Crippen molar-refractivity contribution in [3.05, 3.63) is 64.1 Å². The highest BCUT2D eigenvalue weighted by molar-refractivity contribution is 9.10. The lowest BCUT2D eigenvalue weighted by Gasteiger charge is -2.24. The average Bonchev–Trinajstić information content (AvgIpc) is 2.47. The summed E-state index contributed by atoms with van der Waals surface area (Å²) in [4.78, 5) is 24.3. The lowest BCUT2D eigenvalue weighted by Crippen LogP contribution is -2.48. The van der Waals surface area contributed by atoms with Gasteiger partial charge in [-0.3, -0.25) is 9.59 Å². The number of fused-ring (bicyclic) bond motifs is 1. The number of halogens is 1. The molecule has 1 atom stereocenters. The molecule has 2 amide bonds. The van der Waals surface area contributed by atoms with Crippen molar-refractivity contribution in [1.29, 1.82) is 0 Å². The molecule has 2 aromatic carbocycles. The van der Waals surface area contributed by atoms with E-state index in [0.29, 0.717) is 17.7 Å². The second-order valence-electron chi connectivity index (χ2n) is 4.89. The molecule has 0 spiro atoms. The van der Waals surface area contributed by atoms with Crippen LogP contribution in [0.3, 0.4) is 0 Å². The van der Waals surface area contributed by atoms with Crippen molar-refractivity contribution < 1.29 is 9.59 Å². The Morgan fingerprint density at radius 1 is 1.19 bits per heavy atom. The van der Waals surface area contributed by atoms with Crippen LogP contribution in [0.1, 0.15) is 15.9 Å². The molecule has 2 N–H and O–H groups in total. The molecule has 0 aromatic heterocycles. The maximum Gasteiger partial charge on any atom is 0.252 e. The van der Waals surface area contributed by atoms with Crippen LogP contribution >= 0.6 is 15.9 Å². The van der Waals surface area contributed by atoms with Crippen molar-refractivity contribution in [3.8, 4) is 0 Å². The van der Waals surface area contributed by atoms with Crippen LogP contribution in [0.4, 0.5) is 5.69 Å². The highest BCUT2D eigenvalue weighted by Gasteiger charge is 2.28. The molecule has 0 radical (unpaired) electrons. The Labute approximate surface area is 130 Å². The van der Waals surface area contributed by atoms with Crippen molar-refractivity contribution in [2.45, 2.75) is 12.5 Å². The van der Waals surface area contributed by atoms with Gasteiger partial charge in [0.15, 0.2) is 0 Å². The van der Waals surface area contributed by atoms with Crippen LogP contribution in [-0.2, 0) is 11.2 Å². The highest BCUT2D eigenvalue weighted by Crippen LogP contribution is 2.19. The molecule has 3 rings (SSSR count). The van der Waals surface area contributed by atoms with E-state index in [2.05, 4.69) is 26.6 Å². The Morgan fingerprint density at radius 3 is 2.81 bits per heavy atom. The lowest BCUT2D eigenvalue weighted by molar-refractivity contribution is -0.118. The van der Waals surface area contributed by atoms with Crippen LogP contribution in [0, 0.1) is 0 Å². The second-order valence-corrected chi connectivity index (χ2v) is 5.80. The van der Waals surface area contributed by atoms with Gasteiger partial charge in [0, 0.05) is 22.1 Å². The molecular weight excluding hydrogens is 332 g/mol. The van der Waals surface area contributed by atoms with Crippen molar-refractivity contribution in [2.75, 3.05) is 5.32 Å². The average molecular weight is 345 g/mol. The number of hydrogen-bond acceptors (Lipinski definition) is 2. The Kier molecular flexibility index (Phi) is 3.75. The van der Waals surface area contributed by atoms with Crippen molar-refractivity contribution in [1.82, 2.24) is 5.32 Å². The number of rotatable bonds is 2. The summed E-state index contributed by atoms with van der Waals surface area (Å²) in [5, 5.41) is 5.56. The minimum absolute atomic E-state index is 0.203. The highest BCUT2D eigenvalue weighted by atomic mass is 79.9. The minimum atomic E-state index is -0.550. The van der Waals surface area contributed by atoms with E-state index in [1.165, 1.54) is 0 Å². The maximum atomic E-state index is 12.3. The first kappa shape index (κ1) is 13.8. The second kappa shape index (κ2) is 5.69. The van der Waals surface area contributed by atoms with Gasteiger partial charge in [0.1, 0.15) is 6.04 Å². The summed E-state index contributed by atoms with van der Waals surface area (Å²) in [5.74, 6) is -0.415. The monoisotopic (exact) mass is 344 g/mol. The molecule has 106 valence electrons. The fraction of sp³-hybridized carbons (Fsp3) is 0.125.